The molecule has 0 aromatic carbocycles. The van der Waals surface area contributed by atoms with E-state index in [9.17, 15) is 0 Å². The zero-order valence-corrected chi connectivity index (χ0v) is 8.66. The van der Waals surface area contributed by atoms with Crippen LogP contribution in [0.15, 0.2) is 48.4 Å². The van der Waals surface area contributed by atoms with Gasteiger partial charge >= 0.3 is 0 Å². The smallest absolute Gasteiger partial charge is 0.0304 e. The monoisotopic (exact) mass is 180 g/mol. The van der Waals surface area contributed by atoms with Crippen molar-refractivity contribution < 1.29 is 0 Å². The van der Waals surface area contributed by atoms with Crippen molar-refractivity contribution in [2.75, 3.05) is 0 Å². The second-order valence-corrected chi connectivity index (χ2v) is 4.01. The molecule has 0 aliphatic rings. The summed E-state index contributed by atoms with van der Waals surface area (Å²) < 4.78 is 0. The molecule has 1 atom stereocenters. The molecule has 66 valence electrons. The standard InChI is InChI=1S/C11H16S/c1-6-12-11(5)10(4)8-7-9(2)3/h6-8,11H,1-2,4H2,3,5H3/b8-7-. The molecule has 0 heterocycles. The molecule has 0 amide bonds. The molecule has 0 fully saturated rings. The summed E-state index contributed by atoms with van der Waals surface area (Å²) in [5, 5.41) is 2.24. The second-order valence-electron chi connectivity index (χ2n) is 2.70. The van der Waals surface area contributed by atoms with E-state index in [2.05, 4.69) is 26.7 Å². The van der Waals surface area contributed by atoms with Crippen molar-refractivity contribution in [3.63, 3.8) is 0 Å². The van der Waals surface area contributed by atoms with E-state index in [1.807, 2.05) is 24.5 Å². The van der Waals surface area contributed by atoms with Crippen LogP contribution in [-0.4, -0.2) is 5.25 Å². The molecule has 1 unspecified atom stereocenters. The van der Waals surface area contributed by atoms with Gasteiger partial charge in [-0.1, -0.05) is 37.5 Å². The number of allylic oxidation sites excluding steroid dienone is 3. The van der Waals surface area contributed by atoms with Gasteiger partial charge in [-0.15, -0.1) is 11.8 Å². The Balaban J connectivity index is 4.02. The molecule has 1 heteroatoms. The van der Waals surface area contributed by atoms with Crippen molar-refractivity contribution in [1.29, 1.82) is 0 Å². The summed E-state index contributed by atoms with van der Waals surface area (Å²) in [6, 6.07) is 0. The van der Waals surface area contributed by atoms with Gasteiger partial charge in [0.1, 0.15) is 0 Å². The minimum atomic E-state index is 0.401. The summed E-state index contributed by atoms with van der Waals surface area (Å²) in [6.07, 6.45) is 3.98. The molecule has 0 aromatic heterocycles. The van der Waals surface area contributed by atoms with Gasteiger partial charge in [0.05, 0.1) is 0 Å². The lowest BCUT2D eigenvalue weighted by molar-refractivity contribution is 1.19. The van der Waals surface area contributed by atoms with Gasteiger partial charge in [-0.2, -0.15) is 0 Å². The van der Waals surface area contributed by atoms with Crippen molar-refractivity contribution in [2.24, 2.45) is 0 Å². The van der Waals surface area contributed by atoms with Gasteiger partial charge in [-0.3, -0.25) is 0 Å². The van der Waals surface area contributed by atoms with Gasteiger partial charge in [0.2, 0.25) is 0 Å². The topological polar surface area (TPSA) is 0 Å². The lowest BCUT2D eigenvalue weighted by Crippen LogP contribution is -1.94. The van der Waals surface area contributed by atoms with Crippen LogP contribution in [0.5, 0.6) is 0 Å². The average molecular weight is 180 g/mol. The summed E-state index contributed by atoms with van der Waals surface area (Å²) in [7, 11) is 0. The van der Waals surface area contributed by atoms with E-state index in [0.717, 1.165) is 11.1 Å². The quantitative estimate of drug-likeness (QED) is 0.577. The Morgan fingerprint density at radius 1 is 1.33 bits per heavy atom. The van der Waals surface area contributed by atoms with Crippen LogP contribution in [0.25, 0.3) is 0 Å². The molecule has 12 heavy (non-hydrogen) atoms. The zero-order chi connectivity index (χ0) is 9.56. The first-order valence-corrected chi connectivity index (χ1v) is 4.81. The van der Waals surface area contributed by atoms with Crippen molar-refractivity contribution in [2.45, 2.75) is 19.1 Å². The number of rotatable bonds is 5. The van der Waals surface area contributed by atoms with Crippen LogP contribution in [0.1, 0.15) is 13.8 Å². The summed E-state index contributed by atoms with van der Waals surface area (Å²) in [6.45, 7) is 15.5. The molecule has 0 nitrogen and oxygen atoms in total. The van der Waals surface area contributed by atoms with E-state index in [0.29, 0.717) is 5.25 Å². The van der Waals surface area contributed by atoms with Gasteiger partial charge < -0.3 is 0 Å². The fraction of sp³-hybridized carbons (Fsp3) is 0.273. The van der Waals surface area contributed by atoms with Crippen LogP contribution in [0, 0.1) is 0 Å². The van der Waals surface area contributed by atoms with Gasteiger partial charge in [-0.25, -0.2) is 0 Å². The minimum absolute atomic E-state index is 0.401. The molecular weight excluding hydrogens is 164 g/mol. The predicted molar refractivity (Wildman–Crippen MR) is 60.3 cm³/mol. The highest BCUT2D eigenvalue weighted by Crippen LogP contribution is 2.18. The fourth-order valence-corrected chi connectivity index (χ4v) is 1.16. The maximum absolute atomic E-state index is 3.95. The Bertz CT molecular complexity index is 211. The zero-order valence-electron chi connectivity index (χ0n) is 7.84. The Hall–Kier alpha value is -0.690. The number of thioether (sulfide) groups is 1. The SMILES string of the molecule is C=CSC(C)C(=C)/C=C\C(=C)C. The van der Waals surface area contributed by atoms with Gasteiger partial charge in [0.15, 0.2) is 0 Å². The summed E-state index contributed by atoms with van der Waals surface area (Å²) in [5.74, 6) is 0. The van der Waals surface area contributed by atoms with Crippen LogP contribution < -0.4 is 0 Å². The highest BCUT2D eigenvalue weighted by Gasteiger charge is 2.00. The van der Waals surface area contributed by atoms with Gasteiger partial charge in [0, 0.05) is 5.25 Å². The highest BCUT2D eigenvalue weighted by molar-refractivity contribution is 8.02. The predicted octanol–water partition coefficient (Wildman–Crippen LogP) is 3.94. The Morgan fingerprint density at radius 3 is 2.33 bits per heavy atom. The molecule has 0 bridgehead atoms. The van der Waals surface area contributed by atoms with Crippen LogP contribution in [0.4, 0.5) is 0 Å². The van der Waals surface area contributed by atoms with Crippen LogP contribution >= 0.6 is 11.8 Å². The molecule has 0 radical (unpaired) electrons. The molecule has 0 aromatic rings. The normalized spacial score (nSPS) is 12.8. The average Bonchev–Trinajstić information content (AvgIpc) is 2.00. The molecule has 0 saturated carbocycles. The van der Waals surface area contributed by atoms with Crippen molar-refractivity contribution in [3.05, 3.63) is 48.4 Å². The van der Waals surface area contributed by atoms with E-state index < -0.39 is 0 Å². The van der Waals surface area contributed by atoms with E-state index in [1.165, 1.54) is 0 Å². The van der Waals surface area contributed by atoms with E-state index in [-0.39, 0.29) is 0 Å². The lowest BCUT2D eigenvalue weighted by atomic mass is 10.2. The first kappa shape index (κ1) is 11.3. The molecular formula is C11H16S. The summed E-state index contributed by atoms with van der Waals surface area (Å²) >= 11 is 1.67. The van der Waals surface area contributed by atoms with Gasteiger partial charge in [-0.05, 0) is 24.8 Å². The molecule has 0 aliphatic heterocycles. The Labute approximate surface area is 79.8 Å². The van der Waals surface area contributed by atoms with Crippen molar-refractivity contribution in [1.82, 2.24) is 0 Å². The summed E-state index contributed by atoms with van der Waals surface area (Å²) in [5.41, 5.74) is 2.15. The van der Waals surface area contributed by atoms with Crippen molar-refractivity contribution in [3.8, 4) is 0 Å². The number of hydrogen-bond donors (Lipinski definition) is 0. The summed E-state index contributed by atoms with van der Waals surface area (Å²) in [4.78, 5) is 0. The third-order valence-electron chi connectivity index (χ3n) is 1.40. The van der Waals surface area contributed by atoms with Crippen molar-refractivity contribution >= 4 is 11.8 Å². The van der Waals surface area contributed by atoms with Crippen LogP contribution in [0.3, 0.4) is 0 Å². The fourth-order valence-electron chi connectivity index (χ4n) is 0.617. The third-order valence-corrected chi connectivity index (χ3v) is 2.31. The first-order chi connectivity index (χ1) is 5.57. The third kappa shape index (κ3) is 5.03. The lowest BCUT2D eigenvalue weighted by Gasteiger charge is -2.06. The molecule has 0 rings (SSSR count). The second kappa shape index (κ2) is 5.90. The molecule has 0 aliphatic carbocycles. The maximum Gasteiger partial charge on any atom is 0.0304 e. The highest BCUT2D eigenvalue weighted by atomic mass is 32.2. The van der Waals surface area contributed by atoms with Crippen LogP contribution in [-0.2, 0) is 0 Å². The Kier molecular flexibility index (Phi) is 5.56. The van der Waals surface area contributed by atoms with E-state index >= 15 is 0 Å². The first-order valence-electron chi connectivity index (χ1n) is 3.86. The molecule has 0 N–H and O–H groups in total. The molecule has 0 saturated heterocycles. The molecule has 0 spiro atoms. The number of hydrogen-bond acceptors (Lipinski definition) is 1. The van der Waals surface area contributed by atoms with Crippen LogP contribution in [0.2, 0.25) is 0 Å². The largest absolute Gasteiger partial charge is 0.127 e. The Morgan fingerprint density at radius 2 is 1.92 bits per heavy atom. The maximum atomic E-state index is 3.95. The minimum Gasteiger partial charge on any atom is -0.127 e. The van der Waals surface area contributed by atoms with E-state index in [4.69, 9.17) is 0 Å². The van der Waals surface area contributed by atoms with Gasteiger partial charge in [0.25, 0.3) is 0 Å². The van der Waals surface area contributed by atoms with E-state index in [1.54, 1.807) is 11.8 Å².